The molecule has 114 valence electrons. The lowest BCUT2D eigenvalue weighted by Crippen LogP contribution is -2.37. The Labute approximate surface area is 131 Å². The molecule has 0 radical (unpaired) electrons. The van der Waals surface area contributed by atoms with Gasteiger partial charge < -0.3 is 15.4 Å². The minimum atomic E-state index is 0.431. The molecule has 0 aliphatic carbocycles. The Morgan fingerprint density at radius 2 is 1.82 bits per heavy atom. The number of rotatable bonds is 5. The summed E-state index contributed by atoms with van der Waals surface area (Å²) in [5, 5.41) is 6.61. The molecule has 2 aromatic rings. The number of ether oxygens (including phenoxy) is 1. The molecule has 3 rings (SSSR count). The highest BCUT2D eigenvalue weighted by Gasteiger charge is 2.11. The predicted molar refractivity (Wildman–Crippen MR) is 89.0 cm³/mol. The highest BCUT2D eigenvalue weighted by atomic mass is 16.5. The largest absolute Gasteiger partial charge is 0.489 e. The molecule has 4 heteroatoms. The molecule has 0 fully saturated rings. The third-order valence-electron chi connectivity index (χ3n) is 3.54. The van der Waals surface area contributed by atoms with Crippen molar-refractivity contribution in [3.05, 3.63) is 65.7 Å². The third-order valence-corrected chi connectivity index (χ3v) is 3.54. The molecule has 0 saturated heterocycles. The van der Waals surface area contributed by atoms with E-state index in [2.05, 4.69) is 46.8 Å². The van der Waals surface area contributed by atoms with Crippen molar-refractivity contribution in [2.75, 3.05) is 6.54 Å². The van der Waals surface area contributed by atoms with Crippen LogP contribution in [0, 0.1) is 0 Å². The Hall–Kier alpha value is -2.49. The number of hydrogen-bond acceptors (Lipinski definition) is 4. The topological polar surface area (TPSA) is 45.7 Å². The van der Waals surface area contributed by atoms with Gasteiger partial charge in [0.1, 0.15) is 12.4 Å². The monoisotopic (exact) mass is 295 g/mol. The second-order valence-corrected chi connectivity index (χ2v) is 5.51. The average molecular weight is 295 g/mol. The lowest BCUT2D eigenvalue weighted by Gasteiger charge is -2.10. The summed E-state index contributed by atoms with van der Waals surface area (Å²) in [7, 11) is 0. The summed E-state index contributed by atoms with van der Waals surface area (Å²) < 4.78 is 5.74. The fourth-order valence-electron chi connectivity index (χ4n) is 2.28. The van der Waals surface area contributed by atoms with Gasteiger partial charge in [-0.05, 0) is 30.2 Å². The molecule has 1 aliphatic heterocycles. The summed E-state index contributed by atoms with van der Waals surface area (Å²) in [6.07, 6.45) is 0. The maximum Gasteiger partial charge on any atom is 0.191 e. The number of hydrogen-bond donors (Lipinski definition) is 2. The van der Waals surface area contributed by atoms with E-state index in [4.69, 9.17) is 4.74 Å². The van der Waals surface area contributed by atoms with Crippen LogP contribution < -0.4 is 15.4 Å². The molecule has 0 spiro atoms. The fraction of sp³-hybridized carbons (Fsp3) is 0.278. The Bertz CT molecular complexity index is 623. The Morgan fingerprint density at radius 3 is 2.50 bits per heavy atom. The molecule has 0 amide bonds. The van der Waals surface area contributed by atoms with Gasteiger partial charge >= 0.3 is 0 Å². The summed E-state index contributed by atoms with van der Waals surface area (Å²) >= 11 is 0. The molecular weight excluding hydrogens is 274 g/mol. The summed E-state index contributed by atoms with van der Waals surface area (Å²) in [6, 6.07) is 18.8. The van der Waals surface area contributed by atoms with E-state index in [0.717, 1.165) is 30.4 Å². The molecule has 1 unspecified atom stereocenters. The number of aliphatic imine (C=N–C) groups is 1. The predicted octanol–water partition coefficient (Wildman–Crippen LogP) is 2.70. The standard InChI is InChI=1S/C18H21N3O/c1-14-11-19-18(21-14)20-12-15-7-9-16(10-8-15)13-22-17-5-3-2-4-6-17/h2-10,14H,11-13H2,1H3,(H2,19,20,21). The molecule has 22 heavy (non-hydrogen) atoms. The van der Waals surface area contributed by atoms with Gasteiger partial charge in [0.25, 0.3) is 0 Å². The molecule has 1 aliphatic rings. The van der Waals surface area contributed by atoms with E-state index in [-0.39, 0.29) is 0 Å². The van der Waals surface area contributed by atoms with Gasteiger partial charge in [0.05, 0.1) is 6.54 Å². The van der Waals surface area contributed by atoms with Gasteiger partial charge in [-0.25, -0.2) is 0 Å². The summed E-state index contributed by atoms with van der Waals surface area (Å²) in [4.78, 5) is 4.39. The van der Waals surface area contributed by atoms with Crippen molar-refractivity contribution >= 4 is 5.96 Å². The van der Waals surface area contributed by atoms with E-state index in [1.807, 2.05) is 30.3 Å². The zero-order valence-corrected chi connectivity index (χ0v) is 12.8. The van der Waals surface area contributed by atoms with Crippen molar-refractivity contribution in [3.8, 4) is 5.75 Å². The van der Waals surface area contributed by atoms with Gasteiger partial charge in [0.15, 0.2) is 5.96 Å². The van der Waals surface area contributed by atoms with Gasteiger partial charge in [-0.2, -0.15) is 0 Å². The number of nitrogens with zero attached hydrogens (tertiary/aromatic N) is 1. The zero-order chi connectivity index (χ0) is 15.2. The van der Waals surface area contributed by atoms with E-state index >= 15 is 0 Å². The van der Waals surface area contributed by atoms with E-state index in [0.29, 0.717) is 12.6 Å². The van der Waals surface area contributed by atoms with Crippen LogP contribution >= 0.6 is 0 Å². The minimum Gasteiger partial charge on any atom is -0.489 e. The normalized spacial score (nSPS) is 16.8. The van der Waals surface area contributed by atoms with Crippen molar-refractivity contribution in [1.29, 1.82) is 0 Å². The van der Waals surface area contributed by atoms with Crippen LogP contribution in [0.5, 0.6) is 5.75 Å². The van der Waals surface area contributed by atoms with Crippen molar-refractivity contribution in [1.82, 2.24) is 10.6 Å². The SMILES string of the molecule is CC1CN=C(NCc2ccc(COc3ccccc3)cc2)N1. The Balaban J connectivity index is 1.48. The van der Waals surface area contributed by atoms with Crippen LogP contribution in [0.2, 0.25) is 0 Å². The Kier molecular flexibility index (Phi) is 4.59. The summed E-state index contributed by atoms with van der Waals surface area (Å²) in [5.74, 6) is 1.79. The molecule has 1 heterocycles. The van der Waals surface area contributed by atoms with Crippen LogP contribution in [0.25, 0.3) is 0 Å². The van der Waals surface area contributed by atoms with Crippen molar-refractivity contribution in [3.63, 3.8) is 0 Å². The number of benzene rings is 2. The molecule has 0 bridgehead atoms. The molecule has 1 atom stereocenters. The maximum absolute atomic E-state index is 5.74. The van der Waals surface area contributed by atoms with Crippen molar-refractivity contribution < 1.29 is 4.74 Å². The van der Waals surface area contributed by atoms with Crippen LogP contribution in [-0.4, -0.2) is 18.5 Å². The average Bonchev–Trinajstić information content (AvgIpc) is 2.98. The van der Waals surface area contributed by atoms with Crippen LogP contribution in [0.4, 0.5) is 0 Å². The first kappa shape index (κ1) is 14.4. The van der Waals surface area contributed by atoms with E-state index in [1.54, 1.807) is 0 Å². The molecular formula is C18H21N3O. The lowest BCUT2D eigenvalue weighted by molar-refractivity contribution is 0.306. The third kappa shape index (κ3) is 4.01. The molecule has 2 aromatic carbocycles. The summed E-state index contributed by atoms with van der Waals surface area (Å²) in [6.45, 7) is 4.33. The summed E-state index contributed by atoms with van der Waals surface area (Å²) in [5.41, 5.74) is 2.39. The quantitative estimate of drug-likeness (QED) is 0.891. The van der Waals surface area contributed by atoms with E-state index in [1.165, 1.54) is 5.56 Å². The number of guanidine groups is 1. The number of para-hydroxylation sites is 1. The second kappa shape index (κ2) is 6.98. The van der Waals surface area contributed by atoms with Crippen LogP contribution in [0.1, 0.15) is 18.1 Å². The lowest BCUT2D eigenvalue weighted by atomic mass is 10.1. The Morgan fingerprint density at radius 1 is 1.09 bits per heavy atom. The molecule has 0 aromatic heterocycles. The molecule has 2 N–H and O–H groups in total. The molecule has 0 saturated carbocycles. The van der Waals surface area contributed by atoms with E-state index in [9.17, 15) is 0 Å². The van der Waals surface area contributed by atoms with Gasteiger partial charge in [-0.1, -0.05) is 42.5 Å². The van der Waals surface area contributed by atoms with Gasteiger partial charge in [-0.15, -0.1) is 0 Å². The van der Waals surface area contributed by atoms with Crippen molar-refractivity contribution in [2.24, 2.45) is 4.99 Å². The molecule has 4 nitrogen and oxygen atoms in total. The van der Waals surface area contributed by atoms with Gasteiger partial charge in [0, 0.05) is 12.6 Å². The highest BCUT2D eigenvalue weighted by Crippen LogP contribution is 2.12. The van der Waals surface area contributed by atoms with E-state index < -0.39 is 0 Å². The van der Waals surface area contributed by atoms with Crippen LogP contribution in [-0.2, 0) is 13.2 Å². The second-order valence-electron chi connectivity index (χ2n) is 5.51. The van der Waals surface area contributed by atoms with Crippen molar-refractivity contribution in [2.45, 2.75) is 26.1 Å². The smallest absolute Gasteiger partial charge is 0.191 e. The number of nitrogens with one attached hydrogen (secondary N) is 2. The van der Waals surface area contributed by atoms with Gasteiger partial charge in [-0.3, -0.25) is 4.99 Å². The first-order valence-corrected chi connectivity index (χ1v) is 7.60. The van der Waals surface area contributed by atoms with Crippen LogP contribution in [0.3, 0.4) is 0 Å². The first-order chi connectivity index (χ1) is 10.8. The maximum atomic E-state index is 5.74. The first-order valence-electron chi connectivity index (χ1n) is 7.60. The zero-order valence-electron chi connectivity index (χ0n) is 12.8. The van der Waals surface area contributed by atoms with Crippen LogP contribution in [0.15, 0.2) is 59.6 Å². The fourth-order valence-corrected chi connectivity index (χ4v) is 2.28. The minimum absolute atomic E-state index is 0.431. The highest BCUT2D eigenvalue weighted by molar-refractivity contribution is 5.81. The van der Waals surface area contributed by atoms with Gasteiger partial charge in [0.2, 0.25) is 0 Å².